The zero-order valence-corrected chi connectivity index (χ0v) is 18.9. The van der Waals surface area contributed by atoms with Gasteiger partial charge in [0.25, 0.3) is 0 Å². The monoisotopic (exact) mass is 455 g/mol. The Morgan fingerprint density at radius 2 is 1.97 bits per heavy atom. The van der Waals surface area contributed by atoms with Crippen molar-refractivity contribution in [2.45, 2.75) is 39.8 Å². The van der Waals surface area contributed by atoms with Crippen LogP contribution in [-0.4, -0.2) is 9.55 Å². The minimum absolute atomic E-state index is 0.159. The highest BCUT2D eigenvalue weighted by Gasteiger charge is 2.23. The second-order valence-electron chi connectivity index (χ2n) is 7.82. The number of aromatic nitrogens is 2. The Kier molecular flexibility index (Phi) is 5.79. The number of ether oxygens (including phenoxy) is 1. The summed E-state index contributed by atoms with van der Waals surface area (Å²) in [6, 6.07) is 12.6. The van der Waals surface area contributed by atoms with Crippen molar-refractivity contribution in [3.05, 3.63) is 86.2 Å². The van der Waals surface area contributed by atoms with Gasteiger partial charge in [0.15, 0.2) is 5.15 Å². The Bertz CT molecular complexity index is 1250. The number of hydrogen-bond acceptors (Lipinski definition) is 3. The van der Waals surface area contributed by atoms with Crippen LogP contribution in [0.1, 0.15) is 54.8 Å². The number of benzene rings is 2. The van der Waals surface area contributed by atoms with Crippen molar-refractivity contribution in [2.24, 2.45) is 0 Å². The predicted molar refractivity (Wildman–Crippen MR) is 120 cm³/mol. The normalized spacial score (nSPS) is 14.4. The molecule has 0 radical (unpaired) electrons. The average molecular weight is 456 g/mol. The standard InChI is InChI=1S/C24H20Cl2FN3O/c1-13(2)24-29-22(25)23(26)30(24)11-15-4-6-18-16(8-15)12-31-20-9-17(27)5-7-19(20)21(18)14(3)10-28/h4-9,13H,11-12H2,1-3H3/b21-14-. The van der Waals surface area contributed by atoms with Crippen LogP contribution in [0.25, 0.3) is 5.57 Å². The van der Waals surface area contributed by atoms with Crippen molar-refractivity contribution in [1.29, 1.82) is 5.26 Å². The topological polar surface area (TPSA) is 50.8 Å². The van der Waals surface area contributed by atoms with E-state index < -0.39 is 0 Å². The van der Waals surface area contributed by atoms with Crippen molar-refractivity contribution in [1.82, 2.24) is 9.55 Å². The molecule has 4 rings (SSSR count). The van der Waals surface area contributed by atoms with E-state index in [2.05, 4.69) is 11.1 Å². The molecule has 158 valence electrons. The highest BCUT2D eigenvalue weighted by Crippen LogP contribution is 2.39. The lowest BCUT2D eigenvalue weighted by Crippen LogP contribution is -2.08. The van der Waals surface area contributed by atoms with Gasteiger partial charge in [0.05, 0.1) is 12.6 Å². The van der Waals surface area contributed by atoms with Crippen molar-refractivity contribution >= 4 is 28.8 Å². The summed E-state index contributed by atoms with van der Waals surface area (Å²) < 4.78 is 21.6. The number of fused-ring (bicyclic) bond motifs is 2. The van der Waals surface area contributed by atoms with Crippen LogP contribution < -0.4 is 4.74 Å². The molecule has 2 heterocycles. The van der Waals surface area contributed by atoms with Crippen molar-refractivity contribution in [3.63, 3.8) is 0 Å². The van der Waals surface area contributed by atoms with Gasteiger partial charge in [-0.15, -0.1) is 0 Å². The molecule has 31 heavy (non-hydrogen) atoms. The third-order valence-electron chi connectivity index (χ3n) is 5.33. The largest absolute Gasteiger partial charge is 0.488 e. The number of halogens is 3. The molecule has 0 aliphatic carbocycles. The maximum absolute atomic E-state index is 13.8. The van der Waals surface area contributed by atoms with Crippen LogP contribution in [0.2, 0.25) is 10.3 Å². The number of imidazole rings is 1. The zero-order valence-electron chi connectivity index (χ0n) is 17.3. The van der Waals surface area contributed by atoms with Gasteiger partial charge in [-0.25, -0.2) is 9.37 Å². The van der Waals surface area contributed by atoms with E-state index in [1.54, 1.807) is 13.0 Å². The molecule has 0 N–H and O–H groups in total. The fourth-order valence-electron chi connectivity index (χ4n) is 3.88. The molecular formula is C24H20Cl2FN3O. The SMILES string of the molecule is C/C(C#N)=C1\c2ccc(Cn3c(C(C)C)nc(Cl)c3Cl)cc2COc2cc(F)ccc21. The second kappa shape index (κ2) is 8.37. The van der Waals surface area contributed by atoms with Crippen LogP contribution in [0.3, 0.4) is 0 Å². The van der Waals surface area contributed by atoms with Gasteiger partial charge in [0.2, 0.25) is 0 Å². The first-order valence-electron chi connectivity index (χ1n) is 9.87. The number of rotatable bonds is 3. The van der Waals surface area contributed by atoms with Gasteiger partial charge in [0, 0.05) is 28.7 Å². The molecule has 0 bridgehead atoms. The Morgan fingerprint density at radius 1 is 1.23 bits per heavy atom. The van der Waals surface area contributed by atoms with E-state index >= 15 is 0 Å². The van der Waals surface area contributed by atoms with E-state index in [0.717, 1.165) is 28.1 Å². The molecule has 4 nitrogen and oxygen atoms in total. The van der Waals surface area contributed by atoms with E-state index in [4.69, 9.17) is 27.9 Å². The summed E-state index contributed by atoms with van der Waals surface area (Å²) in [4.78, 5) is 4.38. The molecular weight excluding hydrogens is 436 g/mol. The lowest BCUT2D eigenvalue weighted by molar-refractivity contribution is 0.305. The molecule has 1 aliphatic heterocycles. The molecule has 0 atom stereocenters. The van der Waals surface area contributed by atoms with Crippen molar-refractivity contribution < 1.29 is 9.13 Å². The summed E-state index contributed by atoms with van der Waals surface area (Å²) in [5.41, 5.74) is 4.80. The fourth-order valence-corrected chi connectivity index (χ4v) is 4.26. The lowest BCUT2D eigenvalue weighted by atomic mass is 9.90. The minimum atomic E-state index is -0.382. The van der Waals surface area contributed by atoms with Crippen LogP contribution in [0.4, 0.5) is 4.39 Å². The molecule has 1 aliphatic rings. The van der Waals surface area contributed by atoms with Gasteiger partial charge in [-0.1, -0.05) is 49.2 Å². The van der Waals surface area contributed by atoms with Gasteiger partial charge in [-0.3, -0.25) is 0 Å². The van der Waals surface area contributed by atoms with E-state index in [1.165, 1.54) is 12.1 Å². The van der Waals surface area contributed by atoms with Crippen LogP contribution in [-0.2, 0) is 13.2 Å². The molecule has 0 fully saturated rings. The molecule has 0 unspecified atom stereocenters. The minimum Gasteiger partial charge on any atom is -0.488 e. The molecule has 1 aromatic heterocycles. The van der Waals surface area contributed by atoms with E-state index in [-0.39, 0.29) is 23.5 Å². The third-order valence-corrected chi connectivity index (χ3v) is 6.07. The van der Waals surface area contributed by atoms with Crippen LogP contribution in [0.15, 0.2) is 42.0 Å². The number of nitriles is 1. The zero-order chi connectivity index (χ0) is 22.3. The van der Waals surface area contributed by atoms with Gasteiger partial charge < -0.3 is 9.30 Å². The second-order valence-corrected chi connectivity index (χ2v) is 8.54. The molecule has 0 amide bonds. The number of allylic oxidation sites excluding steroid dienone is 1. The van der Waals surface area contributed by atoms with E-state index in [1.807, 2.05) is 36.6 Å². The Hall–Kier alpha value is -2.81. The summed E-state index contributed by atoms with van der Waals surface area (Å²) in [5.74, 6) is 1.01. The first-order valence-corrected chi connectivity index (χ1v) is 10.6. The third kappa shape index (κ3) is 3.94. The summed E-state index contributed by atoms with van der Waals surface area (Å²) in [7, 11) is 0. The van der Waals surface area contributed by atoms with E-state index in [0.29, 0.717) is 28.6 Å². The summed E-state index contributed by atoms with van der Waals surface area (Å²) in [6.07, 6.45) is 0. The highest BCUT2D eigenvalue weighted by atomic mass is 35.5. The highest BCUT2D eigenvalue weighted by molar-refractivity contribution is 6.40. The Balaban J connectivity index is 1.81. The Morgan fingerprint density at radius 3 is 2.68 bits per heavy atom. The molecule has 0 saturated heterocycles. The maximum atomic E-state index is 13.8. The molecule has 0 saturated carbocycles. The molecule has 2 aromatic carbocycles. The average Bonchev–Trinajstić information content (AvgIpc) is 2.93. The Labute approximate surface area is 190 Å². The number of hydrogen-bond donors (Lipinski definition) is 0. The quantitative estimate of drug-likeness (QED) is 0.410. The maximum Gasteiger partial charge on any atom is 0.166 e. The van der Waals surface area contributed by atoms with E-state index in [9.17, 15) is 9.65 Å². The van der Waals surface area contributed by atoms with Crippen LogP contribution in [0, 0.1) is 17.1 Å². The smallest absolute Gasteiger partial charge is 0.166 e. The first-order chi connectivity index (χ1) is 14.8. The number of nitrogens with zero attached hydrogens (tertiary/aromatic N) is 3. The van der Waals surface area contributed by atoms with Gasteiger partial charge in [-0.2, -0.15) is 5.26 Å². The molecule has 7 heteroatoms. The summed E-state index contributed by atoms with van der Waals surface area (Å²) in [5, 5.41) is 10.3. The van der Waals surface area contributed by atoms with Crippen molar-refractivity contribution in [3.8, 4) is 11.8 Å². The van der Waals surface area contributed by atoms with Crippen molar-refractivity contribution in [2.75, 3.05) is 0 Å². The van der Waals surface area contributed by atoms with Gasteiger partial charge >= 0.3 is 0 Å². The fraction of sp³-hybridized carbons (Fsp3) is 0.250. The van der Waals surface area contributed by atoms with Crippen LogP contribution >= 0.6 is 23.2 Å². The molecule has 0 spiro atoms. The summed E-state index contributed by atoms with van der Waals surface area (Å²) >= 11 is 12.6. The lowest BCUT2D eigenvalue weighted by Gasteiger charge is -2.15. The summed E-state index contributed by atoms with van der Waals surface area (Å²) in [6.45, 7) is 6.59. The first kappa shape index (κ1) is 21.4. The predicted octanol–water partition coefficient (Wildman–Crippen LogP) is 6.74. The van der Waals surface area contributed by atoms with Gasteiger partial charge in [0.1, 0.15) is 29.2 Å². The van der Waals surface area contributed by atoms with Gasteiger partial charge in [-0.05, 0) is 41.8 Å². The van der Waals surface area contributed by atoms with Crippen LogP contribution in [0.5, 0.6) is 5.75 Å². The molecule has 3 aromatic rings.